The lowest BCUT2D eigenvalue weighted by Crippen LogP contribution is -2.63. The molecule has 3 aromatic rings. The molecular formula is C26H22O3. The van der Waals surface area contributed by atoms with E-state index in [1.807, 2.05) is 12.1 Å². The lowest BCUT2D eigenvalue weighted by molar-refractivity contribution is -0.165. The Hall–Kier alpha value is -3.07. The van der Waals surface area contributed by atoms with Crippen molar-refractivity contribution >= 4 is 5.97 Å². The second kappa shape index (κ2) is 5.73. The van der Waals surface area contributed by atoms with Gasteiger partial charge in [0, 0.05) is 11.8 Å². The highest BCUT2D eigenvalue weighted by Crippen LogP contribution is 2.72. The van der Waals surface area contributed by atoms with Crippen molar-refractivity contribution in [2.45, 2.75) is 30.8 Å². The molecule has 2 aliphatic carbocycles. The van der Waals surface area contributed by atoms with Gasteiger partial charge in [-0.05, 0) is 51.4 Å². The first-order chi connectivity index (χ1) is 14.2. The molecular weight excluding hydrogens is 360 g/mol. The maximum Gasteiger partial charge on any atom is 0.318 e. The molecule has 1 heterocycles. The van der Waals surface area contributed by atoms with E-state index in [1.165, 1.54) is 27.8 Å². The highest BCUT2D eigenvalue weighted by molar-refractivity contribution is 5.97. The molecule has 0 aromatic heterocycles. The van der Waals surface area contributed by atoms with Gasteiger partial charge < -0.3 is 9.47 Å². The lowest BCUT2D eigenvalue weighted by atomic mass is 9.38. The van der Waals surface area contributed by atoms with Gasteiger partial charge in [-0.15, -0.1) is 0 Å². The van der Waals surface area contributed by atoms with E-state index in [0.717, 1.165) is 11.3 Å². The zero-order valence-electron chi connectivity index (χ0n) is 16.5. The predicted octanol–water partition coefficient (Wildman–Crippen LogP) is 5.19. The van der Waals surface area contributed by atoms with Crippen molar-refractivity contribution in [2.24, 2.45) is 5.92 Å². The molecule has 3 aliphatic rings. The topological polar surface area (TPSA) is 35.5 Å². The molecule has 3 heteroatoms. The van der Waals surface area contributed by atoms with Gasteiger partial charge in [0.25, 0.3) is 0 Å². The number of rotatable bonds is 2. The van der Waals surface area contributed by atoms with Crippen molar-refractivity contribution < 1.29 is 14.3 Å². The third-order valence-corrected chi connectivity index (χ3v) is 7.35. The summed E-state index contributed by atoms with van der Waals surface area (Å²) >= 11 is 0. The summed E-state index contributed by atoms with van der Waals surface area (Å²) in [7, 11) is 1.68. The van der Waals surface area contributed by atoms with Crippen LogP contribution in [0.5, 0.6) is 5.75 Å². The van der Waals surface area contributed by atoms with E-state index in [-0.39, 0.29) is 17.8 Å². The summed E-state index contributed by atoms with van der Waals surface area (Å²) in [6, 6.07) is 23.1. The Balaban J connectivity index is 1.65. The molecule has 1 unspecified atom stereocenters. The van der Waals surface area contributed by atoms with Crippen LogP contribution in [-0.2, 0) is 21.6 Å². The van der Waals surface area contributed by atoms with Crippen molar-refractivity contribution in [3.63, 3.8) is 0 Å². The molecule has 0 saturated heterocycles. The SMILES string of the molecule is COc1ccc([C@@H]2[C@@H](C)C3c4ccccc4-c4cccc5c4[C@@]32C(=O)OC5)cc1. The van der Waals surface area contributed by atoms with Gasteiger partial charge in [0.15, 0.2) is 0 Å². The first-order valence-electron chi connectivity index (χ1n) is 10.2. The van der Waals surface area contributed by atoms with Crippen molar-refractivity contribution in [1.29, 1.82) is 0 Å². The van der Waals surface area contributed by atoms with E-state index in [1.54, 1.807) is 7.11 Å². The highest BCUT2D eigenvalue weighted by atomic mass is 16.5. The van der Waals surface area contributed by atoms with Crippen LogP contribution in [0.25, 0.3) is 11.1 Å². The van der Waals surface area contributed by atoms with Gasteiger partial charge >= 0.3 is 5.97 Å². The minimum atomic E-state index is -0.646. The number of methoxy groups -OCH3 is 1. The molecule has 1 aliphatic heterocycles. The number of hydrogen-bond acceptors (Lipinski definition) is 3. The molecule has 0 amide bonds. The molecule has 4 atom stereocenters. The van der Waals surface area contributed by atoms with Crippen LogP contribution in [0.2, 0.25) is 0 Å². The maximum atomic E-state index is 13.6. The second-order valence-electron chi connectivity index (χ2n) is 8.46. The minimum absolute atomic E-state index is 0.0733. The minimum Gasteiger partial charge on any atom is -0.497 e. The summed E-state index contributed by atoms with van der Waals surface area (Å²) in [5, 5.41) is 0. The van der Waals surface area contributed by atoms with Crippen molar-refractivity contribution in [1.82, 2.24) is 0 Å². The van der Waals surface area contributed by atoms with E-state index in [0.29, 0.717) is 12.5 Å². The first kappa shape index (κ1) is 16.8. The molecule has 6 rings (SSSR count). The zero-order valence-corrected chi connectivity index (χ0v) is 16.5. The second-order valence-corrected chi connectivity index (χ2v) is 8.46. The van der Waals surface area contributed by atoms with E-state index in [9.17, 15) is 4.79 Å². The highest BCUT2D eigenvalue weighted by Gasteiger charge is 2.70. The van der Waals surface area contributed by atoms with Crippen LogP contribution in [0.1, 0.15) is 41.0 Å². The number of carbonyl (C=O) groups is 1. The van der Waals surface area contributed by atoms with Gasteiger partial charge in [0.1, 0.15) is 17.8 Å². The molecule has 29 heavy (non-hydrogen) atoms. The van der Waals surface area contributed by atoms with E-state index >= 15 is 0 Å². The van der Waals surface area contributed by atoms with Crippen molar-refractivity contribution in [2.75, 3.05) is 7.11 Å². The number of hydrogen-bond donors (Lipinski definition) is 0. The smallest absolute Gasteiger partial charge is 0.318 e. The van der Waals surface area contributed by atoms with Crippen molar-refractivity contribution in [3.8, 4) is 16.9 Å². The molecule has 0 radical (unpaired) electrons. The number of fused-ring (bicyclic) bond motifs is 3. The summed E-state index contributed by atoms with van der Waals surface area (Å²) in [6.45, 7) is 2.64. The van der Waals surface area contributed by atoms with Crippen LogP contribution < -0.4 is 4.74 Å². The van der Waals surface area contributed by atoms with E-state index < -0.39 is 5.41 Å². The normalized spacial score (nSPS) is 28.3. The fourth-order valence-corrected chi connectivity index (χ4v) is 6.38. The van der Waals surface area contributed by atoms with Crippen LogP contribution in [-0.4, -0.2) is 13.1 Å². The monoisotopic (exact) mass is 382 g/mol. The van der Waals surface area contributed by atoms with Crippen LogP contribution in [0.15, 0.2) is 66.7 Å². The Bertz CT molecular complexity index is 1150. The summed E-state index contributed by atoms with van der Waals surface area (Å²) in [6.07, 6.45) is 0. The zero-order chi connectivity index (χ0) is 19.8. The molecule has 1 fully saturated rings. The fourth-order valence-electron chi connectivity index (χ4n) is 6.38. The van der Waals surface area contributed by atoms with Gasteiger partial charge in [-0.25, -0.2) is 0 Å². The molecule has 1 spiro atoms. The van der Waals surface area contributed by atoms with Crippen LogP contribution in [0, 0.1) is 5.92 Å². The Labute approximate surface area is 170 Å². The predicted molar refractivity (Wildman–Crippen MR) is 111 cm³/mol. The molecule has 1 saturated carbocycles. The third-order valence-electron chi connectivity index (χ3n) is 7.35. The molecule has 0 bridgehead atoms. The maximum absolute atomic E-state index is 13.6. The van der Waals surface area contributed by atoms with Gasteiger partial charge in [-0.2, -0.15) is 0 Å². The Morgan fingerprint density at radius 1 is 0.931 bits per heavy atom. The van der Waals surface area contributed by atoms with E-state index in [2.05, 4.69) is 61.5 Å². The van der Waals surface area contributed by atoms with Crippen molar-refractivity contribution in [3.05, 3.63) is 89.0 Å². The number of ether oxygens (including phenoxy) is 2. The van der Waals surface area contributed by atoms with Gasteiger partial charge in [-0.3, -0.25) is 4.79 Å². The van der Waals surface area contributed by atoms with Gasteiger partial charge in [0.2, 0.25) is 0 Å². The van der Waals surface area contributed by atoms with Crippen LogP contribution in [0.3, 0.4) is 0 Å². The molecule has 3 nitrogen and oxygen atoms in total. The van der Waals surface area contributed by atoms with Gasteiger partial charge in [-0.1, -0.05) is 61.5 Å². The summed E-state index contributed by atoms with van der Waals surface area (Å²) in [5.41, 5.74) is 6.59. The number of benzene rings is 3. The molecule has 3 aromatic carbocycles. The quantitative estimate of drug-likeness (QED) is 0.573. The first-order valence-corrected chi connectivity index (χ1v) is 10.2. The fraction of sp³-hybridized carbons (Fsp3) is 0.269. The van der Waals surface area contributed by atoms with Crippen LogP contribution >= 0.6 is 0 Å². The summed E-state index contributed by atoms with van der Waals surface area (Å²) in [4.78, 5) is 13.6. The lowest BCUT2D eigenvalue weighted by Gasteiger charge is -2.63. The largest absolute Gasteiger partial charge is 0.497 e. The summed E-state index contributed by atoms with van der Waals surface area (Å²) < 4.78 is 11.2. The van der Waals surface area contributed by atoms with E-state index in [4.69, 9.17) is 9.47 Å². The van der Waals surface area contributed by atoms with Crippen LogP contribution in [0.4, 0.5) is 0 Å². The number of carbonyl (C=O) groups excluding carboxylic acids is 1. The Kier molecular flexibility index (Phi) is 3.33. The standard InChI is InChI=1S/C26H22O3/c1-15-22(16-10-12-18(28-2)13-11-16)26-23(15)20-8-4-3-7-19(20)21-9-5-6-17(24(21)26)14-29-25(26)27/h3-13,15,22-23H,14H2,1-2H3/t15-,22+,23?,26+/m1/s1. The van der Waals surface area contributed by atoms with Gasteiger partial charge in [0.05, 0.1) is 7.11 Å². The molecule has 144 valence electrons. The molecule has 0 N–H and O–H groups in total. The number of cyclic esters (lactones) is 1. The average Bonchev–Trinajstić information content (AvgIpc) is 2.76. The summed E-state index contributed by atoms with van der Waals surface area (Å²) in [5.74, 6) is 1.30. The number of esters is 1. The Morgan fingerprint density at radius 2 is 1.69 bits per heavy atom. The Morgan fingerprint density at radius 3 is 2.48 bits per heavy atom. The third kappa shape index (κ3) is 1.91. The average molecular weight is 382 g/mol.